The second-order valence-electron chi connectivity index (χ2n) is 5.00. The summed E-state index contributed by atoms with van der Waals surface area (Å²) < 4.78 is 5.12. The topological polar surface area (TPSA) is 84.6 Å². The number of amides is 1. The van der Waals surface area contributed by atoms with Crippen LogP contribution in [0.1, 0.15) is 18.4 Å². The predicted octanol–water partition coefficient (Wildman–Crippen LogP) is 0.469. The molecule has 0 radical (unpaired) electrons. The van der Waals surface area contributed by atoms with Gasteiger partial charge in [-0.3, -0.25) is 4.79 Å². The number of hydrogen-bond acceptors (Lipinski definition) is 4. The second kappa shape index (κ2) is 6.04. The van der Waals surface area contributed by atoms with E-state index in [-0.39, 0.29) is 12.5 Å². The zero-order chi connectivity index (χ0) is 13.7. The fourth-order valence-corrected chi connectivity index (χ4v) is 2.10. The number of carbonyl (C=O) groups excluding carboxylic acids is 1. The van der Waals surface area contributed by atoms with Crippen LogP contribution in [0.4, 0.5) is 5.69 Å². The molecule has 0 spiro atoms. The molecular weight excluding hydrogens is 244 g/mol. The molecule has 1 heterocycles. The van der Waals surface area contributed by atoms with E-state index in [0.717, 1.165) is 5.56 Å². The minimum atomic E-state index is -0.901. The van der Waals surface area contributed by atoms with E-state index in [1.165, 1.54) is 0 Å². The molecule has 0 bridgehead atoms. The first-order valence-electron chi connectivity index (χ1n) is 6.49. The summed E-state index contributed by atoms with van der Waals surface area (Å²) in [5, 5.41) is 12.8. The molecule has 1 amide bonds. The molecular formula is C14H20N2O3. The van der Waals surface area contributed by atoms with Gasteiger partial charge in [0.1, 0.15) is 5.60 Å². The van der Waals surface area contributed by atoms with Gasteiger partial charge >= 0.3 is 0 Å². The van der Waals surface area contributed by atoms with Crippen molar-refractivity contribution in [2.24, 2.45) is 0 Å². The van der Waals surface area contributed by atoms with Crippen LogP contribution in [0.3, 0.4) is 0 Å². The second-order valence-corrected chi connectivity index (χ2v) is 5.00. The highest BCUT2D eigenvalue weighted by Crippen LogP contribution is 2.17. The molecule has 1 atom stereocenters. The number of rotatable bonds is 5. The third-order valence-electron chi connectivity index (χ3n) is 3.37. The molecule has 104 valence electrons. The number of nitrogen functional groups attached to an aromatic ring is 1. The number of aliphatic hydroxyl groups is 1. The van der Waals surface area contributed by atoms with Gasteiger partial charge in [-0.1, -0.05) is 18.2 Å². The third-order valence-corrected chi connectivity index (χ3v) is 3.37. The van der Waals surface area contributed by atoms with Crippen molar-refractivity contribution in [3.63, 3.8) is 0 Å². The summed E-state index contributed by atoms with van der Waals surface area (Å²) in [4.78, 5) is 11.7. The fourth-order valence-electron chi connectivity index (χ4n) is 2.10. The van der Waals surface area contributed by atoms with Crippen LogP contribution in [0.25, 0.3) is 0 Å². The Morgan fingerprint density at radius 2 is 2.26 bits per heavy atom. The van der Waals surface area contributed by atoms with Crippen LogP contribution < -0.4 is 11.1 Å². The lowest BCUT2D eigenvalue weighted by Crippen LogP contribution is -2.43. The van der Waals surface area contributed by atoms with E-state index in [2.05, 4.69) is 5.32 Å². The maximum Gasteiger partial charge on any atom is 0.220 e. The summed E-state index contributed by atoms with van der Waals surface area (Å²) in [5.74, 6) is -0.0800. The van der Waals surface area contributed by atoms with Crippen LogP contribution in [0, 0.1) is 0 Å². The van der Waals surface area contributed by atoms with Gasteiger partial charge in [0.15, 0.2) is 0 Å². The zero-order valence-electron chi connectivity index (χ0n) is 10.9. The van der Waals surface area contributed by atoms with Crippen molar-refractivity contribution in [1.82, 2.24) is 5.32 Å². The van der Waals surface area contributed by atoms with Crippen molar-refractivity contribution in [3.8, 4) is 0 Å². The molecule has 1 unspecified atom stereocenters. The van der Waals surface area contributed by atoms with Gasteiger partial charge in [-0.2, -0.15) is 0 Å². The Morgan fingerprint density at radius 3 is 2.95 bits per heavy atom. The number of nitrogens with one attached hydrogen (secondary N) is 1. The lowest BCUT2D eigenvalue weighted by atomic mass is 10.0. The number of anilines is 1. The van der Waals surface area contributed by atoms with Gasteiger partial charge in [0.2, 0.25) is 5.91 Å². The summed E-state index contributed by atoms with van der Waals surface area (Å²) >= 11 is 0. The number of para-hydroxylation sites is 1. The summed E-state index contributed by atoms with van der Waals surface area (Å²) in [6.07, 6.45) is 1.54. The van der Waals surface area contributed by atoms with Crippen LogP contribution >= 0.6 is 0 Å². The molecule has 1 fully saturated rings. The molecule has 1 aliphatic heterocycles. The number of carbonyl (C=O) groups is 1. The van der Waals surface area contributed by atoms with Crippen molar-refractivity contribution >= 4 is 11.6 Å². The Morgan fingerprint density at radius 1 is 1.47 bits per heavy atom. The first-order valence-corrected chi connectivity index (χ1v) is 6.49. The minimum Gasteiger partial charge on any atom is -0.399 e. The summed E-state index contributed by atoms with van der Waals surface area (Å²) in [7, 11) is 0. The quantitative estimate of drug-likeness (QED) is 0.675. The van der Waals surface area contributed by atoms with Gasteiger partial charge in [-0.25, -0.2) is 0 Å². The smallest absolute Gasteiger partial charge is 0.220 e. The molecule has 1 saturated heterocycles. The van der Waals surface area contributed by atoms with E-state index in [0.29, 0.717) is 38.2 Å². The fraction of sp³-hybridized carbons (Fsp3) is 0.500. The van der Waals surface area contributed by atoms with Crippen LogP contribution in [0.5, 0.6) is 0 Å². The van der Waals surface area contributed by atoms with Crippen LogP contribution in [0.2, 0.25) is 0 Å². The number of benzene rings is 1. The lowest BCUT2D eigenvalue weighted by Gasteiger charge is -2.20. The number of nitrogens with two attached hydrogens (primary N) is 1. The van der Waals surface area contributed by atoms with E-state index in [1.807, 2.05) is 24.3 Å². The molecule has 0 aliphatic carbocycles. The van der Waals surface area contributed by atoms with Crippen molar-refractivity contribution in [2.75, 3.05) is 25.5 Å². The Bertz CT molecular complexity index is 442. The van der Waals surface area contributed by atoms with Gasteiger partial charge in [-0.15, -0.1) is 0 Å². The van der Waals surface area contributed by atoms with Gasteiger partial charge < -0.3 is 20.9 Å². The molecule has 2 rings (SSSR count). The number of ether oxygens (including phenoxy) is 1. The predicted molar refractivity (Wildman–Crippen MR) is 72.6 cm³/mol. The SMILES string of the molecule is Nc1ccccc1CCC(=O)NCC1(O)CCOC1. The first-order chi connectivity index (χ1) is 9.09. The minimum absolute atomic E-state index is 0.0800. The standard InChI is InChI=1S/C14H20N2O3/c15-12-4-2-1-3-11(12)5-6-13(17)16-9-14(18)7-8-19-10-14/h1-4,18H,5-10,15H2,(H,16,17). The van der Waals surface area contributed by atoms with Crippen molar-refractivity contribution < 1.29 is 14.6 Å². The highest BCUT2D eigenvalue weighted by atomic mass is 16.5. The van der Waals surface area contributed by atoms with Gasteiger partial charge in [0.25, 0.3) is 0 Å². The van der Waals surface area contributed by atoms with Gasteiger partial charge in [0.05, 0.1) is 6.61 Å². The van der Waals surface area contributed by atoms with E-state index >= 15 is 0 Å². The van der Waals surface area contributed by atoms with Crippen LogP contribution in [0.15, 0.2) is 24.3 Å². The maximum absolute atomic E-state index is 11.7. The van der Waals surface area contributed by atoms with E-state index in [1.54, 1.807) is 0 Å². The summed E-state index contributed by atoms with van der Waals surface area (Å²) in [5.41, 5.74) is 6.59. The molecule has 0 saturated carbocycles. The molecule has 1 aromatic carbocycles. The monoisotopic (exact) mass is 264 g/mol. The van der Waals surface area contributed by atoms with Gasteiger partial charge in [0, 0.05) is 31.7 Å². The summed E-state index contributed by atoms with van der Waals surface area (Å²) in [6, 6.07) is 7.52. The normalized spacial score (nSPS) is 22.4. The highest BCUT2D eigenvalue weighted by Gasteiger charge is 2.32. The first kappa shape index (κ1) is 13.8. The average molecular weight is 264 g/mol. The van der Waals surface area contributed by atoms with Crippen molar-refractivity contribution in [3.05, 3.63) is 29.8 Å². The summed E-state index contributed by atoms with van der Waals surface area (Å²) in [6.45, 7) is 1.09. The Labute approximate surface area is 112 Å². The molecule has 19 heavy (non-hydrogen) atoms. The Kier molecular flexibility index (Phi) is 4.39. The zero-order valence-corrected chi connectivity index (χ0v) is 10.9. The van der Waals surface area contributed by atoms with E-state index in [9.17, 15) is 9.90 Å². The highest BCUT2D eigenvalue weighted by molar-refractivity contribution is 5.76. The third kappa shape index (κ3) is 3.94. The number of hydrogen-bond donors (Lipinski definition) is 3. The van der Waals surface area contributed by atoms with E-state index < -0.39 is 5.60 Å². The molecule has 1 aromatic rings. The largest absolute Gasteiger partial charge is 0.399 e. The van der Waals surface area contributed by atoms with Crippen molar-refractivity contribution in [1.29, 1.82) is 0 Å². The maximum atomic E-state index is 11.7. The molecule has 4 N–H and O–H groups in total. The van der Waals surface area contributed by atoms with Gasteiger partial charge in [-0.05, 0) is 18.1 Å². The molecule has 0 aromatic heterocycles. The van der Waals surface area contributed by atoms with E-state index in [4.69, 9.17) is 10.5 Å². The van der Waals surface area contributed by atoms with Crippen LogP contribution in [-0.4, -0.2) is 36.4 Å². The molecule has 1 aliphatic rings. The lowest BCUT2D eigenvalue weighted by molar-refractivity contribution is -0.122. The Hall–Kier alpha value is -1.59. The average Bonchev–Trinajstić information content (AvgIpc) is 2.83. The number of aryl methyl sites for hydroxylation is 1. The van der Waals surface area contributed by atoms with Crippen molar-refractivity contribution in [2.45, 2.75) is 24.9 Å². The van der Waals surface area contributed by atoms with Crippen LogP contribution in [-0.2, 0) is 16.0 Å². The molecule has 5 nitrogen and oxygen atoms in total. The Balaban J connectivity index is 1.74. The molecule has 5 heteroatoms.